The lowest BCUT2D eigenvalue weighted by Crippen LogP contribution is -1.84. The highest BCUT2D eigenvalue weighted by Gasteiger charge is 1.96. The topological polar surface area (TPSA) is 40.9 Å². The van der Waals surface area contributed by atoms with Crippen LogP contribution in [0.25, 0.3) is 6.08 Å². The molecule has 0 aliphatic heterocycles. The molecule has 1 aromatic rings. The zero-order chi connectivity index (χ0) is 12.0. The summed E-state index contributed by atoms with van der Waals surface area (Å²) in [6.07, 6.45) is 3.89. The van der Waals surface area contributed by atoms with Gasteiger partial charge < -0.3 is 0 Å². The van der Waals surface area contributed by atoms with Crippen molar-refractivity contribution in [2.45, 2.75) is 13.8 Å². The number of benzene rings is 1. The molecule has 0 fully saturated rings. The van der Waals surface area contributed by atoms with Crippen LogP contribution in [-0.4, -0.2) is 10.9 Å². The third kappa shape index (κ3) is 3.92. The van der Waals surface area contributed by atoms with Crippen LogP contribution in [0, 0.1) is 18.3 Å². The van der Waals surface area contributed by atoms with Gasteiger partial charge in [0.2, 0.25) is 0 Å². The van der Waals surface area contributed by atoms with E-state index in [9.17, 15) is 4.79 Å². The van der Waals surface area contributed by atoms with E-state index in [1.807, 2.05) is 31.2 Å². The first-order valence-corrected chi connectivity index (χ1v) is 5.92. The number of nitrogens with zero attached hydrogens (tertiary/aromatic N) is 1. The fourth-order valence-electron chi connectivity index (χ4n) is 1.23. The maximum absolute atomic E-state index is 10.7. The predicted molar refractivity (Wildman–Crippen MR) is 68.1 cm³/mol. The first-order valence-electron chi connectivity index (χ1n) is 4.94. The van der Waals surface area contributed by atoms with E-state index in [4.69, 9.17) is 5.26 Å². The third-order valence-corrected chi connectivity index (χ3v) is 2.85. The molecule has 2 nitrogen and oxygen atoms in total. The number of hydrogen-bond acceptors (Lipinski definition) is 3. The highest BCUT2D eigenvalue weighted by atomic mass is 32.2. The summed E-state index contributed by atoms with van der Waals surface area (Å²) >= 11 is 1.28. The van der Waals surface area contributed by atoms with Gasteiger partial charge in [-0.25, -0.2) is 0 Å². The largest absolute Gasteiger partial charge is 0.288 e. The minimum absolute atomic E-state index is 0.118. The van der Waals surface area contributed by atoms with Gasteiger partial charge in [0.25, 0.3) is 0 Å². The smallest absolute Gasteiger partial charge is 0.186 e. The van der Waals surface area contributed by atoms with Crippen molar-refractivity contribution in [1.29, 1.82) is 5.26 Å². The molecular weight excluding hydrogens is 218 g/mol. The molecule has 0 aliphatic carbocycles. The van der Waals surface area contributed by atoms with Crippen LogP contribution in [0.1, 0.15) is 23.6 Å². The van der Waals surface area contributed by atoms with E-state index < -0.39 is 0 Å². The van der Waals surface area contributed by atoms with Crippen molar-refractivity contribution < 1.29 is 4.79 Å². The van der Waals surface area contributed by atoms with Gasteiger partial charge in [0.05, 0.1) is 11.6 Å². The van der Waals surface area contributed by atoms with Crippen molar-refractivity contribution in [3.63, 3.8) is 0 Å². The summed E-state index contributed by atoms with van der Waals surface area (Å²) in [6.45, 7) is 3.55. The molecule has 3 heteroatoms. The summed E-state index contributed by atoms with van der Waals surface area (Å²) in [7, 11) is 0. The van der Waals surface area contributed by atoms with Crippen LogP contribution in [-0.2, 0) is 4.79 Å². The normalized spacial score (nSPS) is 10.3. The molecular formula is C13H13NOS. The number of hydrogen-bond donors (Lipinski definition) is 0. The highest BCUT2D eigenvalue weighted by molar-refractivity contribution is 8.13. The molecule has 0 saturated carbocycles. The van der Waals surface area contributed by atoms with Gasteiger partial charge in [0.1, 0.15) is 0 Å². The summed E-state index contributed by atoms with van der Waals surface area (Å²) in [6, 6.07) is 7.69. The molecule has 0 atom stereocenters. The van der Waals surface area contributed by atoms with Crippen molar-refractivity contribution in [3.05, 3.63) is 41.0 Å². The first kappa shape index (κ1) is 12.5. The fraction of sp³-hybridized carbons (Fsp3) is 0.231. The predicted octanol–water partition coefficient (Wildman–Crippen LogP) is 3.16. The van der Waals surface area contributed by atoms with Crippen molar-refractivity contribution >= 4 is 23.0 Å². The van der Waals surface area contributed by atoms with Gasteiger partial charge in [-0.1, -0.05) is 30.0 Å². The number of aryl methyl sites for hydroxylation is 1. The number of rotatable bonds is 3. The summed E-state index contributed by atoms with van der Waals surface area (Å²) in [5.74, 6) is 0.672. The molecule has 0 unspecified atom stereocenters. The molecule has 0 saturated heterocycles. The van der Waals surface area contributed by atoms with Crippen LogP contribution in [0.4, 0.5) is 0 Å². The van der Waals surface area contributed by atoms with Gasteiger partial charge in [-0.3, -0.25) is 4.79 Å². The Bertz CT molecular complexity index is 457. The van der Waals surface area contributed by atoms with Crippen LogP contribution >= 0.6 is 11.8 Å². The van der Waals surface area contributed by atoms with Gasteiger partial charge in [-0.15, -0.1) is 0 Å². The fourth-order valence-corrected chi connectivity index (χ4v) is 1.66. The number of nitriles is 1. The van der Waals surface area contributed by atoms with E-state index in [-0.39, 0.29) is 5.12 Å². The van der Waals surface area contributed by atoms with Crippen LogP contribution < -0.4 is 0 Å². The van der Waals surface area contributed by atoms with E-state index in [2.05, 4.69) is 6.07 Å². The summed E-state index contributed by atoms with van der Waals surface area (Å²) in [5, 5.41) is 8.89. The Balaban J connectivity index is 2.73. The van der Waals surface area contributed by atoms with Gasteiger partial charge in [0, 0.05) is 12.7 Å². The lowest BCUT2D eigenvalue weighted by atomic mass is 10.1. The molecule has 0 aliphatic rings. The number of carbonyl (C=O) groups is 1. The Hall–Kier alpha value is -1.53. The van der Waals surface area contributed by atoms with E-state index in [1.54, 1.807) is 13.0 Å². The maximum atomic E-state index is 10.7. The maximum Gasteiger partial charge on any atom is 0.186 e. The average Bonchev–Trinajstić information content (AvgIpc) is 2.26. The van der Waals surface area contributed by atoms with E-state index in [0.717, 1.165) is 11.1 Å². The molecule has 0 aromatic heterocycles. The van der Waals surface area contributed by atoms with E-state index >= 15 is 0 Å². The van der Waals surface area contributed by atoms with Gasteiger partial charge in [-0.2, -0.15) is 5.26 Å². The van der Waals surface area contributed by atoms with Crippen molar-refractivity contribution in [2.75, 3.05) is 5.75 Å². The summed E-state index contributed by atoms with van der Waals surface area (Å²) in [5.41, 5.74) is 2.82. The average molecular weight is 231 g/mol. The Labute approximate surface area is 100.0 Å². The van der Waals surface area contributed by atoms with Gasteiger partial charge in [0.15, 0.2) is 5.12 Å². The second kappa shape index (κ2) is 6.14. The number of carbonyl (C=O) groups excluding carboxylic acids is 1. The lowest BCUT2D eigenvalue weighted by Gasteiger charge is -2.00. The molecule has 0 N–H and O–H groups in total. The summed E-state index contributed by atoms with van der Waals surface area (Å²) in [4.78, 5) is 10.7. The zero-order valence-corrected chi connectivity index (χ0v) is 10.2. The SMILES string of the molecule is CC(=O)SCC=Cc1cc(C#N)ccc1C. The van der Waals surface area contributed by atoms with Crippen LogP contribution in [0.5, 0.6) is 0 Å². The second-order valence-electron chi connectivity index (χ2n) is 3.39. The second-order valence-corrected chi connectivity index (χ2v) is 4.59. The number of thioether (sulfide) groups is 1. The molecule has 1 aromatic carbocycles. The van der Waals surface area contributed by atoms with Crippen molar-refractivity contribution in [2.24, 2.45) is 0 Å². The monoisotopic (exact) mass is 231 g/mol. The first-order chi connectivity index (χ1) is 7.63. The third-order valence-electron chi connectivity index (χ3n) is 2.09. The molecule has 0 spiro atoms. The molecule has 1 rings (SSSR count). The highest BCUT2D eigenvalue weighted by Crippen LogP contribution is 2.13. The van der Waals surface area contributed by atoms with Crippen LogP contribution in [0.3, 0.4) is 0 Å². The standard InChI is InChI=1S/C13H13NOS/c1-10-5-6-12(9-14)8-13(10)4-3-7-16-11(2)15/h3-6,8H,7H2,1-2H3. The molecule has 0 amide bonds. The van der Waals surface area contributed by atoms with E-state index in [0.29, 0.717) is 11.3 Å². The molecule has 82 valence electrons. The van der Waals surface area contributed by atoms with Crippen molar-refractivity contribution in [1.82, 2.24) is 0 Å². The Morgan fingerprint density at radius 1 is 1.56 bits per heavy atom. The minimum atomic E-state index is 0.118. The van der Waals surface area contributed by atoms with Crippen molar-refractivity contribution in [3.8, 4) is 6.07 Å². The summed E-state index contributed by atoms with van der Waals surface area (Å²) < 4.78 is 0. The zero-order valence-electron chi connectivity index (χ0n) is 9.36. The molecule has 0 heterocycles. The lowest BCUT2D eigenvalue weighted by molar-refractivity contribution is -0.109. The Morgan fingerprint density at radius 2 is 2.31 bits per heavy atom. The quantitative estimate of drug-likeness (QED) is 0.802. The Kier molecular flexibility index (Phi) is 4.81. The molecule has 0 radical (unpaired) electrons. The molecule has 0 bridgehead atoms. The van der Waals surface area contributed by atoms with E-state index in [1.165, 1.54) is 11.8 Å². The van der Waals surface area contributed by atoms with Crippen LogP contribution in [0.15, 0.2) is 24.3 Å². The Morgan fingerprint density at radius 3 is 2.94 bits per heavy atom. The van der Waals surface area contributed by atoms with Crippen LogP contribution in [0.2, 0.25) is 0 Å². The molecule has 16 heavy (non-hydrogen) atoms. The van der Waals surface area contributed by atoms with Gasteiger partial charge >= 0.3 is 0 Å². The minimum Gasteiger partial charge on any atom is -0.288 e. The van der Waals surface area contributed by atoms with Gasteiger partial charge in [-0.05, 0) is 30.2 Å².